The highest BCUT2D eigenvalue weighted by Crippen LogP contribution is 2.40. The van der Waals surface area contributed by atoms with E-state index in [2.05, 4.69) is 47.3 Å². The van der Waals surface area contributed by atoms with Crippen LogP contribution in [0.2, 0.25) is 0 Å². The van der Waals surface area contributed by atoms with E-state index in [0.717, 1.165) is 48.2 Å². The lowest BCUT2D eigenvalue weighted by atomic mass is 10.1. The number of hydrogen-bond acceptors (Lipinski definition) is 6. The van der Waals surface area contributed by atoms with Crippen LogP contribution in [0.15, 0.2) is 30.7 Å². The van der Waals surface area contributed by atoms with Crippen LogP contribution in [0.1, 0.15) is 33.6 Å². The van der Waals surface area contributed by atoms with Gasteiger partial charge >= 0.3 is 6.09 Å². The van der Waals surface area contributed by atoms with Crippen molar-refractivity contribution in [3.63, 3.8) is 0 Å². The molecular formula is C22H27IN6O2S. The first-order chi connectivity index (χ1) is 15.2. The summed E-state index contributed by atoms with van der Waals surface area (Å²) in [5.74, 6) is 0. The Labute approximate surface area is 204 Å². The maximum absolute atomic E-state index is 12.8. The molecule has 0 radical (unpaired) electrons. The van der Waals surface area contributed by atoms with Gasteiger partial charge in [0.25, 0.3) is 0 Å². The molecule has 2 aliphatic rings. The van der Waals surface area contributed by atoms with Crippen LogP contribution < -0.4 is 4.90 Å². The number of anilines is 1. The number of amides is 1. The van der Waals surface area contributed by atoms with Crippen molar-refractivity contribution in [2.75, 3.05) is 18.0 Å². The highest BCUT2D eigenvalue weighted by Gasteiger charge is 2.44. The standard InChI is InChI=1S/C22H27IN6O2S/c1-22(2,3)31-21(30)28-15-5-6-16(28)13-27(12-15)18-7-8-24-20-17(18)9-19(29(20)32-23)14-10-25-26(4)11-14/h7-11,15-16H,5-6,12-13H2,1-4H3/t15-,16?/m0/s1. The summed E-state index contributed by atoms with van der Waals surface area (Å²) in [6.45, 7) is 7.38. The van der Waals surface area contributed by atoms with Gasteiger partial charge in [-0.1, -0.05) is 0 Å². The van der Waals surface area contributed by atoms with E-state index >= 15 is 0 Å². The Morgan fingerprint density at radius 1 is 1.25 bits per heavy atom. The van der Waals surface area contributed by atoms with E-state index < -0.39 is 5.60 Å². The van der Waals surface area contributed by atoms with Crippen molar-refractivity contribution in [2.24, 2.45) is 7.05 Å². The van der Waals surface area contributed by atoms with Gasteiger partial charge in [0.1, 0.15) is 5.60 Å². The Morgan fingerprint density at radius 3 is 2.56 bits per heavy atom. The predicted octanol–water partition coefficient (Wildman–Crippen LogP) is 4.87. The fraction of sp³-hybridized carbons (Fsp3) is 0.500. The topological polar surface area (TPSA) is 68.4 Å². The Kier molecular flexibility index (Phi) is 5.55. The smallest absolute Gasteiger partial charge is 0.410 e. The Morgan fingerprint density at radius 2 is 1.97 bits per heavy atom. The van der Waals surface area contributed by atoms with Gasteiger partial charge in [0.2, 0.25) is 0 Å². The predicted molar refractivity (Wildman–Crippen MR) is 136 cm³/mol. The molecule has 8 nitrogen and oxygen atoms in total. The summed E-state index contributed by atoms with van der Waals surface area (Å²) in [4.78, 5) is 21.9. The van der Waals surface area contributed by atoms with Gasteiger partial charge in [-0.05, 0) is 45.7 Å². The highest BCUT2D eigenvalue weighted by molar-refractivity contribution is 14.2. The molecule has 0 aromatic carbocycles. The van der Waals surface area contributed by atoms with Crippen LogP contribution in [0.25, 0.3) is 22.3 Å². The van der Waals surface area contributed by atoms with E-state index in [0.29, 0.717) is 0 Å². The first-order valence-electron chi connectivity index (χ1n) is 10.8. The molecule has 3 aromatic rings. The zero-order valence-electron chi connectivity index (χ0n) is 18.7. The number of aryl methyl sites for hydroxylation is 1. The molecule has 1 unspecified atom stereocenters. The summed E-state index contributed by atoms with van der Waals surface area (Å²) in [7, 11) is 3.54. The van der Waals surface area contributed by atoms with Crippen LogP contribution in [-0.2, 0) is 11.8 Å². The van der Waals surface area contributed by atoms with Crippen molar-refractivity contribution >= 4 is 53.1 Å². The van der Waals surface area contributed by atoms with Crippen LogP contribution in [-0.4, -0.2) is 60.5 Å². The highest BCUT2D eigenvalue weighted by atomic mass is 127. The van der Waals surface area contributed by atoms with Gasteiger partial charge in [-0.25, -0.2) is 9.78 Å². The molecule has 0 spiro atoms. The molecular weight excluding hydrogens is 539 g/mol. The minimum absolute atomic E-state index is 0.172. The van der Waals surface area contributed by atoms with Crippen molar-refractivity contribution in [1.29, 1.82) is 0 Å². The second-order valence-corrected chi connectivity index (χ2v) is 11.2. The molecule has 10 heteroatoms. The number of fused-ring (bicyclic) bond motifs is 3. The average molecular weight is 566 g/mol. The number of nitrogens with zero attached hydrogens (tertiary/aromatic N) is 6. The summed E-state index contributed by atoms with van der Waals surface area (Å²) >= 11 is 2.30. The maximum atomic E-state index is 12.8. The third-order valence-corrected chi connectivity index (χ3v) is 7.82. The van der Waals surface area contributed by atoms with E-state index in [4.69, 9.17) is 9.72 Å². The second-order valence-electron chi connectivity index (χ2n) is 9.54. The third kappa shape index (κ3) is 3.85. The van der Waals surface area contributed by atoms with Crippen molar-refractivity contribution in [2.45, 2.75) is 51.3 Å². The second kappa shape index (κ2) is 8.12. The zero-order valence-corrected chi connectivity index (χ0v) is 21.6. The molecule has 170 valence electrons. The van der Waals surface area contributed by atoms with Crippen molar-refractivity contribution in [1.82, 2.24) is 23.6 Å². The van der Waals surface area contributed by atoms with Gasteiger partial charge in [-0.15, -0.1) is 0 Å². The molecule has 2 atom stereocenters. The molecule has 2 aliphatic heterocycles. The number of carbonyl (C=O) groups excluding carboxylic acids is 1. The molecule has 3 aromatic heterocycles. The van der Waals surface area contributed by atoms with Crippen LogP contribution in [0.4, 0.5) is 10.5 Å². The van der Waals surface area contributed by atoms with Gasteiger partial charge in [0.05, 0.1) is 24.0 Å². The van der Waals surface area contributed by atoms with Crippen molar-refractivity contribution in [3.05, 3.63) is 30.7 Å². The molecule has 5 rings (SSSR count). The number of halogens is 1. The number of pyridine rings is 1. The van der Waals surface area contributed by atoms with Crippen LogP contribution in [0.3, 0.4) is 0 Å². The maximum Gasteiger partial charge on any atom is 0.410 e. The lowest BCUT2D eigenvalue weighted by molar-refractivity contribution is 0.0123. The monoisotopic (exact) mass is 566 g/mol. The summed E-state index contributed by atoms with van der Waals surface area (Å²) in [6.07, 6.45) is 7.64. The number of ether oxygens (including phenoxy) is 1. The quantitative estimate of drug-likeness (QED) is 0.422. The molecule has 0 saturated carbocycles. The number of hydrogen-bond donors (Lipinski definition) is 0. The normalized spacial score (nSPS) is 20.9. The minimum Gasteiger partial charge on any atom is -0.444 e. The van der Waals surface area contributed by atoms with E-state index in [-0.39, 0.29) is 18.2 Å². The van der Waals surface area contributed by atoms with Crippen LogP contribution in [0.5, 0.6) is 0 Å². The molecule has 32 heavy (non-hydrogen) atoms. The molecule has 2 bridgehead atoms. The molecule has 1 amide bonds. The number of rotatable bonds is 3. The van der Waals surface area contributed by atoms with E-state index in [9.17, 15) is 4.79 Å². The van der Waals surface area contributed by atoms with Gasteiger partial charge in [0.15, 0.2) is 5.65 Å². The average Bonchev–Trinajstić information content (AvgIpc) is 3.39. The lowest BCUT2D eigenvalue weighted by Crippen LogP contribution is -2.56. The molecule has 0 aliphatic carbocycles. The molecule has 0 N–H and O–H groups in total. The van der Waals surface area contributed by atoms with Crippen LogP contribution in [0, 0.1) is 0 Å². The van der Waals surface area contributed by atoms with Crippen molar-refractivity contribution in [3.8, 4) is 11.3 Å². The molecule has 5 heterocycles. The lowest BCUT2D eigenvalue weighted by Gasteiger charge is -2.42. The SMILES string of the molecule is Cn1cc(-c2cc3c(N4CC5CC[C@@H](C4)N5C(=O)OC(C)(C)C)ccnc3n2SI)cn1. The summed E-state index contributed by atoms with van der Waals surface area (Å²) in [5, 5.41) is 5.47. The number of carbonyl (C=O) groups is 1. The first-order valence-corrected chi connectivity index (χ1v) is 14.1. The first kappa shape index (κ1) is 21.9. The summed E-state index contributed by atoms with van der Waals surface area (Å²) < 4.78 is 9.67. The molecule has 2 fully saturated rings. The van der Waals surface area contributed by atoms with Gasteiger partial charge in [0, 0.05) is 79.5 Å². The zero-order chi connectivity index (χ0) is 22.6. The van der Waals surface area contributed by atoms with Gasteiger partial charge < -0.3 is 9.64 Å². The Hall–Kier alpha value is -1.95. The third-order valence-electron chi connectivity index (χ3n) is 6.14. The van der Waals surface area contributed by atoms with Crippen molar-refractivity contribution < 1.29 is 9.53 Å². The Balaban J connectivity index is 1.48. The largest absolute Gasteiger partial charge is 0.444 e. The fourth-order valence-electron chi connectivity index (χ4n) is 4.87. The van der Waals surface area contributed by atoms with Crippen LogP contribution >= 0.6 is 30.3 Å². The number of piperazine rings is 1. The number of aromatic nitrogens is 4. The van der Waals surface area contributed by atoms with E-state index in [1.165, 1.54) is 5.69 Å². The molecule has 2 saturated heterocycles. The van der Waals surface area contributed by atoms with Gasteiger partial charge in [-0.2, -0.15) is 5.10 Å². The summed E-state index contributed by atoms with van der Waals surface area (Å²) in [6, 6.07) is 4.65. The Bertz CT molecular complexity index is 1160. The van der Waals surface area contributed by atoms with E-state index in [1.54, 1.807) is 9.12 Å². The fourth-order valence-corrected chi connectivity index (χ4v) is 6.51. The van der Waals surface area contributed by atoms with Gasteiger partial charge in [-0.3, -0.25) is 13.6 Å². The van der Waals surface area contributed by atoms with E-state index in [1.807, 2.05) is 56.0 Å². The summed E-state index contributed by atoms with van der Waals surface area (Å²) in [5.41, 5.74) is 3.79. The minimum atomic E-state index is -0.479.